The third-order valence-electron chi connectivity index (χ3n) is 2.86. The monoisotopic (exact) mass is 300 g/mol. The Morgan fingerprint density at radius 2 is 2.10 bits per heavy atom. The van der Waals surface area contributed by atoms with Gasteiger partial charge in [-0.05, 0) is 31.5 Å². The highest BCUT2D eigenvalue weighted by Gasteiger charge is 2.17. The van der Waals surface area contributed by atoms with Crippen LogP contribution >= 0.6 is 11.6 Å². The van der Waals surface area contributed by atoms with Gasteiger partial charge in [0.1, 0.15) is 0 Å². The van der Waals surface area contributed by atoms with Crippen LogP contribution in [0.25, 0.3) is 0 Å². The second-order valence-corrected chi connectivity index (χ2v) is 6.03. The molecule has 4 nitrogen and oxygen atoms in total. The number of halogens is 1. The molecule has 0 aliphatic rings. The summed E-state index contributed by atoms with van der Waals surface area (Å²) in [6.07, 6.45) is 0. The fourth-order valence-corrected chi connectivity index (χ4v) is 2.39. The van der Waals surface area contributed by atoms with E-state index in [0.29, 0.717) is 18.2 Å². The molecule has 1 rings (SSSR count). The van der Waals surface area contributed by atoms with Crippen LogP contribution in [0.1, 0.15) is 19.4 Å². The minimum Gasteiger partial charge on any atom is -0.389 e. The zero-order valence-electron chi connectivity index (χ0n) is 12.7. The molecular weight excluding hydrogens is 276 g/mol. The number of aliphatic hydroxyl groups is 1. The minimum absolute atomic E-state index is 0.526. The molecule has 0 saturated heterocycles. The number of methoxy groups -OCH3 is 1. The van der Waals surface area contributed by atoms with Gasteiger partial charge in [0.15, 0.2) is 0 Å². The van der Waals surface area contributed by atoms with E-state index in [1.54, 1.807) is 21.0 Å². The van der Waals surface area contributed by atoms with Crippen molar-refractivity contribution in [3.8, 4) is 0 Å². The molecule has 0 bridgehead atoms. The van der Waals surface area contributed by atoms with Crippen LogP contribution in [0.2, 0.25) is 5.02 Å². The van der Waals surface area contributed by atoms with Gasteiger partial charge < -0.3 is 20.1 Å². The Bertz CT molecular complexity index is 419. The summed E-state index contributed by atoms with van der Waals surface area (Å²) >= 11 is 6.32. The van der Waals surface area contributed by atoms with E-state index in [1.165, 1.54) is 0 Å². The second-order valence-electron chi connectivity index (χ2n) is 5.62. The van der Waals surface area contributed by atoms with Crippen LogP contribution in [-0.4, -0.2) is 44.6 Å². The van der Waals surface area contributed by atoms with Gasteiger partial charge in [0.25, 0.3) is 0 Å². The van der Waals surface area contributed by atoms with Crippen molar-refractivity contribution in [2.75, 3.05) is 38.8 Å². The van der Waals surface area contributed by atoms with E-state index in [0.717, 1.165) is 24.3 Å². The topological polar surface area (TPSA) is 44.7 Å². The molecule has 0 aliphatic heterocycles. The lowest BCUT2D eigenvalue weighted by atomic mass is 10.1. The summed E-state index contributed by atoms with van der Waals surface area (Å²) in [5, 5.41) is 13.8. The van der Waals surface area contributed by atoms with Gasteiger partial charge in [-0.15, -0.1) is 0 Å². The number of nitrogens with one attached hydrogen (secondary N) is 1. The molecule has 0 atom stereocenters. The van der Waals surface area contributed by atoms with Crippen LogP contribution < -0.4 is 10.2 Å². The Morgan fingerprint density at radius 3 is 2.65 bits per heavy atom. The van der Waals surface area contributed by atoms with Crippen molar-refractivity contribution in [1.82, 2.24) is 5.32 Å². The predicted octanol–water partition coefficient (Wildman–Crippen LogP) is 2.28. The molecule has 0 heterocycles. The number of hydrogen-bond donors (Lipinski definition) is 2. The summed E-state index contributed by atoms with van der Waals surface area (Å²) in [6, 6.07) is 5.99. The number of benzene rings is 1. The number of nitrogens with zero attached hydrogens (tertiary/aromatic N) is 1. The maximum Gasteiger partial charge on any atom is 0.0765 e. The lowest BCUT2D eigenvalue weighted by Gasteiger charge is -2.28. The fourth-order valence-electron chi connectivity index (χ4n) is 2.04. The Hall–Kier alpha value is -0.810. The number of likely N-dealkylation sites (N-methyl/N-ethyl adjacent to an activating group) is 1. The molecule has 0 saturated carbocycles. The molecule has 0 radical (unpaired) electrons. The van der Waals surface area contributed by atoms with Gasteiger partial charge in [-0.25, -0.2) is 0 Å². The van der Waals surface area contributed by atoms with Crippen molar-refractivity contribution < 1.29 is 9.84 Å². The second kappa shape index (κ2) is 7.84. The van der Waals surface area contributed by atoms with Gasteiger partial charge in [-0.1, -0.05) is 17.7 Å². The highest BCUT2D eigenvalue weighted by Crippen LogP contribution is 2.27. The average molecular weight is 301 g/mol. The third-order valence-corrected chi connectivity index (χ3v) is 3.16. The Kier molecular flexibility index (Phi) is 6.76. The summed E-state index contributed by atoms with van der Waals surface area (Å²) in [5.74, 6) is 0. The summed E-state index contributed by atoms with van der Waals surface area (Å²) in [7, 11) is 3.61. The van der Waals surface area contributed by atoms with Crippen LogP contribution in [0.15, 0.2) is 18.2 Å². The van der Waals surface area contributed by atoms with Gasteiger partial charge in [0, 0.05) is 33.8 Å². The Labute approximate surface area is 126 Å². The van der Waals surface area contributed by atoms with Crippen LogP contribution in [0.5, 0.6) is 0 Å². The first-order chi connectivity index (χ1) is 9.33. The molecule has 1 aromatic rings. The molecule has 0 amide bonds. The van der Waals surface area contributed by atoms with Crippen LogP contribution in [0.4, 0.5) is 5.69 Å². The maximum atomic E-state index is 9.85. The summed E-state index contributed by atoms with van der Waals surface area (Å²) in [5.41, 5.74) is 1.30. The van der Waals surface area contributed by atoms with Crippen molar-refractivity contribution >= 4 is 17.3 Å². The summed E-state index contributed by atoms with van der Waals surface area (Å²) in [4.78, 5) is 1.96. The third kappa shape index (κ3) is 6.09. The summed E-state index contributed by atoms with van der Waals surface area (Å²) < 4.78 is 4.98. The maximum absolute atomic E-state index is 9.85. The molecule has 114 valence electrons. The standard InChI is InChI=1S/C15H25ClN2O2/c1-15(2,19)11-18(3)14-6-5-12(9-13(14)16)10-17-7-8-20-4/h5-6,9,17,19H,7-8,10-11H2,1-4H3. The quantitative estimate of drug-likeness (QED) is 0.723. The smallest absolute Gasteiger partial charge is 0.0765 e. The highest BCUT2D eigenvalue weighted by molar-refractivity contribution is 6.33. The van der Waals surface area contributed by atoms with Crippen LogP contribution in [0, 0.1) is 0 Å². The zero-order chi connectivity index (χ0) is 15.2. The molecule has 5 heteroatoms. The normalized spacial score (nSPS) is 11.7. The first-order valence-electron chi connectivity index (χ1n) is 6.75. The van der Waals surface area contributed by atoms with Crippen LogP contribution in [-0.2, 0) is 11.3 Å². The van der Waals surface area contributed by atoms with Gasteiger partial charge >= 0.3 is 0 Å². The van der Waals surface area contributed by atoms with Gasteiger partial charge in [0.05, 0.1) is 22.9 Å². The van der Waals surface area contributed by atoms with Crippen molar-refractivity contribution in [2.45, 2.75) is 26.0 Å². The largest absolute Gasteiger partial charge is 0.389 e. The number of rotatable bonds is 8. The van der Waals surface area contributed by atoms with E-state index >= 15 is 0 Å². The van der Waals surface area contributed by atoms with E-state index < -0.39 is 5.60 Å². The van der Waals surface area contributed by atoms with E-state index in [2.05, 4.69) is 5.32 Å². The first-order valence-corrected chi connectivity index (χ1v) is 7.13. The van der Waals surface area contributed by atoms with Crippen LogP contribution in [0.3, 0.4) is 0 Å². The minimum atomic E-state index is -0.752. The highest BCUT2D eigenvalue weighted by atomic mass is 35.5. The molecule has 0 unspecified atom stereocenters. The van der Waals surface area contributed by atoms with Crippen molar-refractivity contribution in [3.05, 3.63) is 28.8 Å². The van der Waals surface area contributed by atoms with E-state index in [4.69, 9.17) is 16.3 Å². The predicted molar refractivity (Wildman–Crippen MR) is 84.6 cm³/mol. The van der Waals surface area contributed by atoms with E-state index in [1.807, 2.05) is 30.1 Å². The number of hydrogen-bond acceptors (Lipinski definition) is 4. The van der Waals surface area contributed by atoms with Crippen molar-refractivity contribution in [2.24, 2.45) is 0 Å². The van der Waals surface area contributed by atoms with Gasteiger partial charge in [0.2, 0.25) is 0 Å². The number of ether oxygens (including phenoxy) is 1. The molecular formula is C15H25ClN2O2. The van der Waals surface area contributed by atoms with Crippen molar-refractivity contribution in [3.63, 3.8) is 0 Å². The molecule has 0 spiro atoms. The molecule has 2 N–H and O–H groups in total. The Morgan fingerprint density at radius 1 is 1.40 bits per heavy atom. The van der Waals surface area contributed by atoms with Gasteiger partial charge in [-0.3, -0.25) is 0 Å². The fraction of sp³-hybridized carbons (Fsp3) is 0.600. The molecule has 0 aromatic heterocycles. The molecule has 0 aliphatic carbocycles. The van der Waals surface area contributed by atoms with Gasteiger partial charge in [-0.2, -0.15) is 0 Å². The Balaban J connectivity index is 2.63. The molecule has 1 aromatic carbocycles. The number of anilines is 1. The molecule has 20 heavy (non-hydrogen) atoms. The summed E-state index contributed by atoms with van der Waals surface area (Å²) in [6.45, 7) is 6.36. The lowest BCUT2D eigenvalue weighted by Crippen LogP contribution is -2.36. The molecule has 0 fully saturated rings. The van der Waals surface area contributed by atoms with Crippen molar-refractivity contribution in [1.29, 1.82) is 0 Å². The zero-order valence-corrected chi connectivity index (χ0v) is 13.5. The lowest BCUT2D eigenvalue weighted by molar-refractivity contribution is 0.0886. The van der Waals surface area contributed by atoms with E-state index in [-0.39, 0.29) is 0 Å². The first kappa shape index (κ1) is 17.2. The average Bonchev–Trinajstić information content (AvgIpc) is 2.32. The SMILES string of the molecule is COCCNCc1ccc(N(C)CC(C)(C)O)c(Cl)c1. The van der Waals surface area contributed by atoms with E-state index in [9.17, 15) is 5.11 Å².